The molecule has 1 aliphatic rings. The maximum Gasteiger partial charge on any atom is 0.142 e. The summed E-state index contributed by atoms with van der Waals surface area (Å²) in [5, 5.41) is 8.19. The van der Waals surface area contributed by atoms with Crippen LogP contribution >= 0.6 is 11.6 Å². The molecule has 0 amide bonds. The molecular weight excluding hydrogens is 174 g/mol. The fourth-order valence-corrected chi connectivity index (χ4v) is 1.82. The summed E-state index contributed by atoms with van der Waals surface area (Å²) in [4.78, 5) is 0. The fourth-order valence-electron chi connectivity index (χ4n) is 1.41. The molecule has 0 bridgehead atoms. The molecule has 2 rings (SSSR count). The Morgan fingerprint density at radius 2 is 2.25 bits per heavy atom. The van der Waals surface area contributed by atoms with Gasteiger partial charge >= 0.3 is 0 Å². The first kappa shape index (κ1) is 7.92. The first-order valence-corrected chi connectivity index (χ1v) is 4.52. The van der Waals surface area contributed by atoms with Crippen LogP contribution in [0.5, 0.6) is 0 Å². The number of rotatable bonds is 2. The largest absolute Gasteiger partial charge is 0.372 e. The predicted octanol–water partition coefficient (Wildman–Crippen LogP) is 1.99. The van der Waals surface area contributed by atoms with E-state index in [2.05, 4.69) is 10.4 Å². The number of halogens is 1. The average Bonchev–Trinajstić information content (AvgIpc) is 2.80. The smallest absolute Gasteiger partial charge is 0.142 e. The summed E-state index contributed by atoms with van der Waals surface area (Å²) in [6, 6.07) is 0. The number of hydrogen-bond acceptors (Lipinski definition) is 2. The number of aryl methyl sites for hydroxylation is 1. The molecule has 12 heavy (non-hydrogen) atoms. The predicted molar refractivity (Wildman–Crippen MR) is 49.7 cm³/mol. The standard InChI is InChI=1S/C8H12ClN3/c1-10-8-6(9)7(5-3-4-5)11-12(8)2/h5,10H,3-4H2,1-2H3. The van der Waals surface area contributed by atoms with E-state index in [4.69, 9.17) is 11.6 Å². The lowest BCUT2D eigenvalue weighted by Gasteiger charge is -1.98. The summed E-state index contributed by atoms with van der Waals surface area (Å²) in [7, 11) is 3.77. The molecule has 0 spiro atoms. The Kier molecular flexibility index (Phi) is 1.76. The molecule has 0 unspecified atom stereocenters. The lowest BCUT2D eigenvalue weighted by atomic mass is 10.3. The molecule has 66 valence electrons. The van der Waals surface area contributed by atoms with Crippen LogP contribution in [0.3, 0.4) is 0 Å². The van der Waals surface area contributed by atoms with Gasteiger partial charge in [-0.05, 0) is 12.8 Å². The van der Waals surface area contributed by atoms with E-state index in [0.29, 0.717) is 5.92 Å². The normalized spacial score (nSPS) is 16.6. The van der Waals surface area contributed by atoms with Crippen LogP contribution < -0.4 is 5.32 Å². The second kappa shape index (κ2) is 2.66. The lowest BCUT2D eigenvalue weighted by molar-refractivity contribution is 0.750. The van der Waals surface area contributed by atoms with Gasteiger partial charge in [-0.25, -0.2) is 0 Å². The maximum absolute atomic E-state index is 6.12. The van der Waals surface area contributed by atoms with Crippen molar-refractivity contribution in [2.45, 2.75) is 18.8 Å². The van der Waals surface area contributed by atoms with Crippen molar-refractivity contribution in [1.29, 1.82) is 0 Å². The summed E-state index contributed by atoms with van der Waals surface area (Å²) in [5.41, 5.74) is 1.06. The number of nitrogens with one attached hydrogen (secondary N) is 1. The van der Waals surface area contributed by atoms with E-state index >= 15 is 0 Å². The van der Waals surface area contributed by atoms with E-state index in [1.165, 1.54) is 12.8 Å². The third-order valence-electron chi connectivity index (χ3n) is 2.21. The molecule has 0 atom stereocenters. The van der Waals surface area contributed by atoms with Crippen molar-refractivity contribution in [3.8, 4) is 0 Å². The molecule has 0 radical (unpaired) electrons. The minimum atomic E-state index is 0.616. The van der Waals surface area contributed by atoms with Gasteiger partial charge in [0.15, 0.2) is 0 Å². The van der Waals surface area contributed by atoms with Crippen molar-refractivity contribution >= 4 is 17.4 Å². The van der Waals surface area contributed by atoms with Gasteiger partial charge in [0.1, 0.15) is 10.8 Å². The van der Waals surface area contributed by atoms with Crippen LogP contribution in [0.1, 0.15) is 24.5 Å². The molecule has 1 N–H and O–H groups in total. The molecule has 1 fully saturated rings. The Morgan fingerprint density at radius 3 is 2.67 bits per heavy atom. The van der Waals surface area contributed by atoms with E-state index in [1.54, 1.807) is 4.68 Å². The van der Waals surface area contributed by atoms with E-state index in [9.17, 15) is 0 Å². The van der Waals surface area contributed by atoms with E-state index in [1.807, 2.05) is 14.1 Å². The molecule has 1 aromatic rings. The molecule has 0 saturated heterocycles. The van der Waals surface area contributed by atoms with Crippen molar-refractivity contribution in [2.75, 3.05) is 12.4 Å². The van der Waals surface area contributed by atoms with Gasteiger partial charge in [-0.2, -0.15) is 5.10 Å². The Balaban J connectivity index is 2.42. The van der Waals surface area contributed by atoms with Gasteiger partial charge < -0.3 is 5.32 Å². The second-order valence-electron chi connectivity index (χ2n) is 3.20. The van der Waals surface area contributed by atoms with Crippen LogP contribution in [0.2, 0.25) is 5.02 Å². The van der Waals surface area contributed by atoms with Crippen LogP contribution in [0.4, 0.5) is 5.82 Å². The number of nitrogens with zero attached hydrogens (tertiary/aromatic N) is 2. The van der Waals surface area contributed by atoms with Gasteiger partial charge in [-0.3, -0.25) is 4.68 Å². The summed E-state index contributed by atoms with van der Waals surface area (Å²) in [6.07, 6.45) is 2.47. The number of hydrogen-bond donors (Lipinski definition) is 1. The molecule has 1 saturated carbocycles. The van der Waals surface area contributed by atoms with Crippen LogP contribution in [-0.2, 0) is 7.05 Å². The molecule has 1 aromatic heterocycles. The SMILES string of the molecule is CNc1c(Cl)c(C2CC2)nn1C. The molecule has 0 aliphatic heterocycles. The zero-order valence-corrected chi connectivity index (χ0v) is 8.02. The first-order chi connectivity index (χ1) is 5.74. The van der Waals surface area contributed by atoms with Crippen LogP contribution in [0.25, 0.3) is 0 Å². The molecule has 1 heterocycles. The highest BCUT2D eigenvalue weighted by atomic mass is 35.5. The monoisotopic (exact) mass is 185 g/mol. The minimum Gasteiger partial charge on any atom is -0.372 e. The average molecular weight is 186 g/mol. The number of anilines is 1. The lowest BCUT2D eigenvalue weighted by Crippen LogP contribution is -1.98. The molecule has 1 aliphatic carbocycles. The highest BCUT2D eigenvalue weighted by molar-refractivity contribution is 6.33. The van der Waals surface area contributed by atoms with Crippen molar-refractivity contribution in [3.05, 3.63) is 10.7 Å². The molecular formula is C8H12ClN3. The third kappa shape index (κ3) is 1.08. The highest BCUT2D eigenvalue weighted by Gasteiger charge is 2.30. The van der Waals surface area contributed by atoms with Crippen LogP contribution in [-0.4, -0.2) is 16.8 Å². The van der Waals surface area contributed by atoms with Crippen LogP contribution in [0, 0.1) is 0 Å². The second-order valence-corrected chi connectivity index (χ2v) is 3.57. The van der Waals surface area contributed by atoms with Crippen molar-refractivity contribution < 1.29 is 0 Å². The van der Waals surface area contributed by atoms with E-state index < -0.39 is 0 Å². The topological polar surface area (TPSA) is 29.9 Å². The van der Waals surface area contributed by atoms with E-state index in [-0.39, 0.29) is 0 Å². The minimum absolute atomic E-state index is 0.616. The zero-order chi connectivity index (χ0) is 8.72. The van der Waals surface area contributed by atoms with Crippen LogP contribution in [0.15, 0.2) is 0 Å². The fraction of sp³-hybridized carbons (Fsp3) is 0.625. The Labute approximate surface area is 76.7 Å². The van der Waals surface area contributed by atoms with Crippen molar-refractivity contribution in [2.24, 2.45) is 7.05 Å². The zero-order valence-electron chi connectivity index (χ0n) is 7.26. The summed E-state index contributed by atoms with van der Waals surface area (Å²) < 4.78 is 1.80. The summed E-state index contributed by atoms with van der Waals surface area (Å²) >= 11 is 6.12. The quantitative estimate of drug-likeness (QED) is 0.764. The van der Waals surface area contributed by atoms with E-state index in [0.717, 1.165) is 16.5 Å². The van der Waals surface area contributed by atoms with Crippen molar-refractivity contribution in [1.82, 2.24) is 9.78 Å². The van der Waals surface area contributed by atoms with Gasteiger partial charge in [0.05, 0.1) is 5.69 Å². The highest BCUT2D eigenvalue weighted by Crippen LogP contribution is 2.44. The van der Waals surface area contributed by atoms with Gasteiger partial charge in [-0.1, -0.05) is 11.6 Å². The Hall–Kier alpha value is -0.700. The van der Waals surface area contributed by atoms with Gasteiger partial charge in [0.25, 0.3) is 0 Å². The third-order valence-corrected chi connectivity index (χ3v) is 2.59. The molecule has 0 aromatic carbocycles. The Bertz CT molecular complexity index is 301. The van der Waals surface area contributed by atoms with Gasteiger partial charge in [-0.15, -0.1) is 0 Å². The van der Waals surface area contributed by atoms with Gasteiger partial charge in [0, 0.05) is 20.0 Å². The van der Waals surface area contributed by atoms with Crippen molar-refractivity contribution in [3.63, 3.8) is 0 Å². The Morgan fingerprint density at radius 1 is 1.58 bits per heavy atom. The summed E-state index contributed by atoms with van der Waals surface area (Å²) in [6.45, 7) is 0. The molecule has 4 heteroatoms. The van der Waals surface area contributed by atoms with Gasteiger partial charge in [0.2, 0.25) is 0 Å². The summed E-state index contributed by atoms with van der Waals surface area (Å²) in [5.74, 6) is 1.53. The number of aromatic nitrogens is 2. The first-order valence-electron chi connectivity index (χ1n) is 4.14. The maximum atomic E-state index is 6.12. The molecule has 3 nitrogen and oxygen atoms in total.